The molecule has 0 spiro atoms. The third-order valence-electron chi connectivity index (χ3n) is 5.68. The summed E-state index contributed by atoms with van der Waals surface area (Å²) < 4.78 is 13.7. The number of hydrogen-bond donors (Lipinski definition) is 0. The number of aromatic nitrogens is 4. The first-order chi connectivity index (χ1) is 15.3. The number of nitrogens with zero attached hydrogens (tertiary/aromatic N) is 4. The number of rotatable bonds is 7. The summed E-state index contributed by atoms with van der Waals surface area (Å²) in [4.78, 5) is 13.5. The molecule has 6 nitrogen and oxygen atoms in total. The minimum Gasteiger partial charge on any atom is -0.497 e. The summed E-state index contributed by atoms with van der Waals surface area (Å²) in [6, 6.07) is 16.3. The van der Waals surface area contributed by atoms with Gasteiger partial charge in [0.1, 0.15) is 11.6 Å². The summed E-state index contributed by atoms with van der Waals surface area (Å²) in [7, 11) is 1.68. The molecule has 0 N–H and O–H groups in total. The minimum absolute atomic E-state index is 0.245. The Labute approximate surface area is 181 Å². The molecule has 0 aliphatic carbocycles. The van der Waals surface area contributed by atoms with Gasteiger partial charge in [-0.25, -0.2) is 4.98 Å². The second kappa shape index (κ2) is 8.70. The zero-order chi connectivity index (χ0) is 21.0. The standard InChI is InChI=1S/C25H24N4O2/c1-30-22-7-4-18(5-8-22)16-31-17-21-6-9-23-28-24(20-3-2-12-27-15-20)25(29(21)23)19-10-13-26-14-11-19/h2-5,7-8,10-15,21H,6,9,16-17H2,1H3/t21-/m0/s1. The van der Waals surface area contributed by atoms with Gasteiger partial charge in [-0.2, -0.15) is 0 Å². The lowest BCUT2D eigenvalue weighted by Crippen LogP contribution is -2.13. The molecule has 3 aromatic heterocycles. The van der Waals surface area contributed by atoms with Gasteiger partial charge in [0.05, 0.1) is 37.8 Å². The van der Waals surface area contributed by atoms with Crippen molar-refractivity contribution in [1.82, 2.24) is 19.5 Å². The van der Waals surface area contributed by atoms with Crippen molar-refractivity contribution in [1.29, 1.82) is 0 Å². The maximum atomic E-state index is 6.13. The van der Waals surface area contributed by atoms with Crippen molar-refractivity contribution in [3.05, 3.63) is 84.7 Å². The van der Waals surface area contributed by atoms with Crippen molar-refractivity contribution in [2.75, 3.05) is 13.7 Å². The largest absolute Gasteiger partial charge is 0.497 e. The molecule has 0 saturated carbocycles. The smallest absolute Gasteiger partial charge is 0.118 e. The highest BCUT2D eigenvalue weighted by molar-refractivity contribution is 5.79. The molecule has 4 heterocycles. The SMILES string of the molecule is COc1ccc(COC[C@@H]2CCc3nc(-c4cccnc4)c(-c4ccncc4)n32)cc1. The van der Waals surface area contributed by atoms with Crippen molar-refractivity contribution in [2.24, 2.45) is 0 Å². The maximum absolute atomic E-state index is 6.13. The Morgan fingerprint density at radius 1 is 0.968 bits per heavy atom. The van der Waals surface area contributed by atoms with Crippen molar-refractivity contribution >= 4 is 0 Å². The predicted molar refractivity (Wildman–Crippen MR) is 119 cm³/mol. The van der Waals surface area contributed by atoms with Crippen LogP contribution in [0.5, 0.6) is 5.75 Å². The minimum atomic E-state index is 0.245. The zero-order valence-corrected chi connectivity index (χ0v) is 17.4. The van der Waals surface area contributed by atoms with Crippen LogP contribution in [0, 0.1) is 0 Å². The van der Waals surface area contributed by atoms with Crippen molar-refractivity contribution < 1.29 is 9.47 Å². The number of hydrogen-bond acceptors (Lipinski definition) is 5. The highest BCUT2D eigenvalue weighted by atomic mass is 16.5. The molecule has 1 atom stereocenters. The second-order valence-corrected chi connectivity index (χ2v) is 7.63. The fourth-order valence-electron chi connectivity index (χ4n) is 4.16. The molecule has 4 aromatic rings. The Kier molecular flexibility index (Phi) is 5.46. The van der Waals surface area contributed by atoms with Crippen molar-refractivity contribution in [3.8, 4) is 28.3 Å². The first-order valence-corrected chi connectivity index (χ1v) is 10.5. The molecule has 1 aliphatic rings. The lowest BCUT2D eigenvalue weighted by molar-refractivity contribution is 0.0925. The van der Waals surface area contributed by atoms with E-state index in [1.165, 1.54) is 0 Å². The summed E-state index contributed by atoms with van der Waals surface area (Å²) >= 11 is 0. The van der Waals surface area contributed by atoms with Crippen LogP contribution in [0.3, 0.4) is 0 Å². The number of fused-ring (bicyclic) bond motifs is 1. The lowest BCUT2D eigenvalue weighted by atomic mass is 10.1. The zero-order valence-electron chi connectivity index (χ0n) is 17.4. The van der Waals surface area contributed by atoms with Crippen LogP contribution < -0.4 is 4.74 Å². The first kappa shape index (κ1) is 19.5. The summed E-state index contributed by atoms with van der Waals surface area (Å²) in [6.45, 7) is 1.21. The third-order valence-corrected chi connectivity index (χ3v) is 5.68. The predicted octanol–water partition coefficient (Wildman–Crippen LogP) is 4.72. The van der Waals surface area contributed by atoms with E-state index in [0.29, 0.717) is 13.2 Å². The number of pyridine rings is 2. The van der Waals surface area contributed by atoms with Gasteiger partial charge >= 0.3 is 0 Å². The average molecular weight is 412 g/mol. The molecule has 1 aromatic carbocycles. The molecule has 0 unspecified atom stereocenters. The van der Waals surface area contributed by atoms with E-state index in [1.54, 1.807) is 13.3 Å². The van der Waals surface area contributed by atoms with Gasteiger partial charge < -0.3 is 14.0 Å². The van der Waals surface area contributed by atoms with Crippen LogP contribution >= 0.6 is 0 Å². The molecule has 0 saturated heterocycles. The van der Waals surface area contributed by atoms with Gasteiger partial charge in [0.2, 0.25) is 0 Å². The van der Waals surface area contributed by atoms with Crippen molar-refractivity contribution in [2.45, 2.75) is 25.5 Å². The molecule has 0 fully saturated rings. The van der Waals surface area contributed by atoms with Gasteiger partial charge in [0.25, 0.3) is 0 Å². The molecule has 0 amide bonds. The van der Waals surface area contributed by atoms with Gasteiger partial charge in [-0.15, -0.1) is 0 Å². The lowest BCUT2D eigenvalue weighted by Gasteiger charge is -2.18. The fraction of sp³-hybridized carbons (Fsp3) is 0.240. The topological polar surface area (TPSA) is 62.1 Å². The average Bonchev–Trinajstić information content (AvgIpc) is 3.40. The number of aryl methyl sites for hydroxylation is 1. The summed E-state index contributed by atoms with van der Waals surface area (Å²) in [5.41, 5.74) is 5.34. The quantitative estimate of drug-likeness (QED) is 0.440. The van der Waals surface area contributed by atoms with Crippen molar-refractivity contribution in [3.63, 3.8) is 0 Å². The molecular formula is C25H24N4O2. The van der Waals surface area contributed by atoms with E-state index in [1.807, 2.05) is 61.1 Å². The highest BCUT2D eigenvalue weighted by Crippen LogP contribution is 2.39. The number of benzene rings is 1. The normalized spacial score (nSPS) is 15.1. The molecule has 0 bridgehead atoms. The van der Waals surface area contributed by atoms with Crippen LogP contribution in [0.1, 0.15) is 23.9 Å². The summed E-state index contributed by atoms with van der Waals surface area (Å²) in [6.07, 6.45) is 9.28. The highest BCUT2D eigenvalue weighted by Gasteiger charge is 2.30. The molecule has 0 radical (unpaired) electrons. The first-order valence-electron chi connectivity index (χ1n) is 10.5. The van der Waals surface area contributed by atoms with E-state index in [4.69, 9.17) is 14.5 Å². The van der Waals surface area contributed by atoms with Crippen LogP contribution in [0.2, 0.25) is 0 Å². The fourth-order valence-corrected chi connectivity index (χ4v) is 4.16. The van der Waals surface area contributed by atoms with E-state index < -0.39 is 0 Å². The Morgan fingerprint density at radius 3 is 2.55 bits per heavy atom. The molecular weight excluding hydrogens is 388 g/mol. The molecule has 31 heavy (non-hydrogen) atoms. The van der Waals surface area contributed by atoms with Crippen LogP contribution in [0.4, 0.5) is 0 Å². The monoisotopic (exact) mass is 412 g/mol. The van der Waals surface area contributed by atoms with E-state index in [9.17, 15) is 0 Å². The Morgan fingerprint density at radius 2 is 1.81 bits per heavy atom. The van der Waals surface area contributed by atoms with Gasteiger partial charge in [0.15, 0.2) is 0 Å². The Balaban J connectivity index is 1.42. The number of methoxy groups -OCH3 is 1. The number of ether oxygens (including phenoxy) is 2. The van der Waals surface area contributed by atoms with Gasteiger partial charge in [0, 0.05) is 42.3 Å². The second-order valence-electron chi connectivity index (χ2n) is 7.63. The van der Waals surface area contributed by atoms with E-state index in [2.05, 4.69) is 20.6 Å². The molecule has 6 heteroatoms. The maximum Gasteiger partial charge on any atom is 0.118 e. The summed E-state index contributed by atoms with van der Waals surface area (Å²) in [5.74, 6) is 1.95. The van der Waals surface area contributed by atoms with Crippen LogP contribution in [0.15, 0.2) is 73.3 Å². The van der Waals surface area contributed by atoms with Gasteiger partial charge in [-0.3, -0.25) is 9.97 Å². The van der Waals surface area contributed by atoms with E-state index in [-0.39, 0.29) is 6.04 Å². The summed E-state index contributed by atoms with van der Waals surface area (Å²) in [5, 5.41) is 0. The van der Waals surface area contributed by atoms with E-state index in [0.717, 1.165) is 52.5 Å². The molecule has 1 aliphatic heterocycles. The molecule has 5 rings (SSSR count). The van der Waals surface area contributed by atoms with E-state index >= 15 is 0 Å². The molecule has 156 valence electrons. The van der Waals surface area contributed by atoms with Crippen LogP contribution in [0.25, 0.3) is 22.5 Å². The van der Waals surface area contributed by atoms with Gasteiger partial charge in [-0.1, -0.05) is 12.1 Å². The Hall–Kier alpha value is -3.51. The van der Waals surface area contributed by atoms with Gasteiger partial charge in [-0.05, 0) is 48.4 Å². The number of imidazole rings is 1. The van der Waals surface area contributed by atoms with Crippen LogP contribution in [-0.4, -0.2) is 33.2 Å². The Bertz CT molecular complexity index is 1140. The third kappa shape index (κ3) is 3.94. The van der Waals surface area contributed by atoms with Crippen LogP contribution in [-0.2, 0) is 17.8 Å².